The average Bonchev–Trinajstić information content (AvgIpc) is 2.60. The number of amides is 2. The van der Waals surface area contributed by atoms with Gasteiger partial charge in [-0.3, -0.25) is 9.59 Å². The van der Waals surface area contributed by atoms with Crippen molar-refractivity contribution in [2.75, 3.05) is 27.3 Å². The molecule has 3 N–H and O–H groups in total. The van der Waals surface area contributed by atoms with E-state index in [1.165, 1.54) is 0 Å². The summed E-state index contributed by atoms with van der Waals surface area (Å²) in [5.74, 6) is 1.06. The summed E-state index contributed by atoms with van der Waals surface area (Å²) >= 11 is 0. The van der Waals surface area contributed by atoms with Crippen molar-refractivity contribution in [2.24, 2.45) is 5.73 Å². The van der Waals surface area contributed by atoms with E-state index in [-0.39, 0.29) is 23.9 Å². The second-order valence-corrected chi connectivity index (χ2v) is 6.39. The van der Waals surface area contributed by atoms with Crippen LogP contribution in [0.4, 0.5) is 0 Å². The van der Waals surface area contributed by atoms with Crippen LogP contribution in [-0.2, 0) is 4.79 Å². The predicted octanol–water partition coefficient (Wildman–Crippen LogP) is 1.16. The van der Waals surface area contributed by atoms with Crippen LogP contribution in [0, 0.1) is 0 Å². The Balaban J connectivity index is 1.92. The number of nitrogens with zero attached hydrogens (tertiary/aromatic N) is 1. The highest BCUT2D eigenvalue weighted by atomic mass is 16.5. The van der Waals surface area contributed by atoms with Gasteiger partial charge in [0.05, 0.1) is 14.2 Å². The topological polar surface area (TPSA) is 93.9 Å². The summed E-state index contributed by atoms with van der Waals surface area (Å²) in [6, 6.07) is 5.11. The van der Waals surface area contributed by atoms with Crippen molar-refractivity contribution in [2.45, 2.75) is 38.3 Å². The first-order valence-corrected chi connectivity index (χ1v) is 8.50. The molecular weight excluding hydrogens is 322 g/mol. The fourth-order valence-electron chi connectivity index (χ4n) is 2.96. The molecule has 7 nitrogen and oxygen atoms in total. The molecule has 0 aromatic heterocycles. The third kappa shape index (κ3) is 5.09. The Morgan fingerprint density at radius 2 is 1.88 bits per heavy atom. The molecule has 1 fully saturated rings. The Morgan fingerprint density at radius 1 is 1.24 bits per heavy atom. The monoisotopic (exact) mass is 349 g/mol. The second-order valence-electron chi connectivity index (χ2n) is 6.39. The van der Waals surface area contributed by atoms with Gasteiger partial charge in [0.1, 0.15) is 0 Å². The molecule has 1 aromatic carbocycles. The first-order valence-electron chi connectivity index (χ1n) is 8.50. The summed E-state index contributed by atoms with van der Waals surface area (Å²) in [6.45, 7) is 3.02. The van der Waals surface area contributed by atoms with E-state index in [1.807, 2.05) is 6.92 Å². The third-order valence-corrected chi connectivity index (χ3v) is 4.29. The minimum absolute atomic E-state index is 0.0281. The molecular formula is C18H27N3O4. The van der Waals surface area contributed by atoms with Crippen LogP contribution >= 0.6 is 0 Å². The fraction of sp³-hybridized carbons (Fsp3) is 0.556. The number of piperidine rings is 1. The van der Waals surface area contributed by atoms with Crippen LogP contribution in [0.15, 0.2) is 18.2 Å². The number of carbonyl (C=O) groups is 2. The molecule has 1 unspecified atom stereocenters. The molecule has 0 spiro atoms. The first-order chi connectivity index (χ1) is 11.9. The van der Waals surface area contributed by atoms with Crippen molar-refractivity contribution >= 4 is 11.8 Å². The number of ether oxygens (including phenoxy) is 2. The van der Waals surface area contributed by atoms with Gasteiger partial charge in [0.15, 0.2) is 11.5 Å². The normalized spacial score (nSPS) is 16.2. The molecule has 0 saturated carbocycles. The van der Waals surface area contributed by atoms with Gasteiger partial charge in [-0.1, -0.05) is 0 Å². The first kappa shape index (κ1) is 19.1. The van der Waals surface area contributed by atoms with Crippen molar-refractivity contribution in [1.29, 1.82) is 0 Å². The van der Waals surface area contributed by atoms with E-state index in [4.69, 9.17) is 15.2 Å². The van der Waals surface area contributed by atoms with E-state index in [9.17, 15) is 9.59 Å². The van der Waals surface area contributed by atoms with Gasteiger partial charge < -0.3 is 25.4 Å². The summed E-state index contributed by atoms with van der Waals surface area (Å²) in [5, 5.41) is 2.99. The zero-order valence-corrected chi connectivity index (χ0v) is 15.1. The zero-order chi connectivity index (χ0) is 18.4. The Bertz CT molecular complexity index is 610. The second kappa shape index (κ2) is 8.71. The van der Waals surface area contributed by atoms with Crippen LogP contribution in [-0.4, -0.2) is 56.1 Å². The van der Waals surface area contributed by atoms with Gasteiger partial charge in [0.25, 0.3) is 5.91 Å². The maximum Gasteiger partial charge on any atom is 0.253 e. The maximum atomic E-state index is 12.7. The van der Waals surface area contributed by atoms with Crippen molar-refractivity contribution in [3.8, 4) is 11.5 Å². The van der Waals surface area contributed by atoms with Crippen LogP contribution < -0.4 is 20.5 Å². The van der Waals surface area contributed by atoms with Gasteiger partial charge >= 0.3 is 0 Å². The van der Waals surface area contributed by atoms with Gasteiger partial charge in [-0.15, -0.1) is 0 Å². The molecule has 1 aromatic rings. The Morgan fingerprint density at radius 3 is 2.44 bits per heavy atom. The highest BCUT2D eigenvalue weighted by molar-refractivity contribution is 5.95. The number of nitrogens with one attached hydrogen (secondary N) is 1. The third-order valence-electron chi connectivity index (χ3n) is 4.29. The number of hydrogen-bond acceptors (Lipinski definition) is 5. The maximum absolute atomic E-state index is 12.7. The molecule has 25 heavy (non-hydrogen) atoms. The number of rotatable bonds is 6. The van der Waals surface area contributed by atoms with Crippen molar-refractivity contribution in [3.63, 3.8) is 0 Å². The van der Waals surface area contributed by atoms with Gasteiger partial charge in [0.2, 0.25) is 5.91 Å². The zero-order valence-electron chi connectivity index (χ0n) is 15.1. The Hall–Kier alpha value is -2.28. The molecule has 1 atom stereocenters. The number of likely N-dealkylation sites (tertiary alicyclic amines) is 1. The molecule has 0 bridgehead atoms. The van der Waals surface area contributed by atoms with E-state index < -0.39 is 0 Å². The molecule has 2 amide bonds. The quantitative estimate of drug-likeness (QED) is 0.804. The summed E-state index contributed by atoms with van der Waals surface area (Å²) in [6.07, 6.45) is 1.80. The van der Waals surface area contributed by atoms with Crippen LogP contribution in [0.25, 0.3) is 0 Å². The Kier molecular flexibility index (Phi) is 6.64. The lowest BCUT2D eigenvalue weighted by atomic mass is 10.0. The standard InChI is InChI=1S/C18H27N3O4/c1-12(19)10-17(22)20-14-6-8-21(9-7-14)18(23)13-4-5-15(24-2)16(11-13)25-3/h4-5,11-12,14H,6-10,19H2,1-3H3,(H,20,22). The number of benzene rings is 1. The molecule has 0 aliphatic carbocycles. The van der Waals surface area contributed by atoms with Gasteiger partial charge in [0, 0.05) is 37.2 Å². The minimum Gasteiger partial charge on any atom is -0.493 e. The molecule has 2 rings (SSSR count). The lowest BCUT2D eigenvalue weighted by Gasteiger charge is -2.32. The van der Waals surface area contributed by atoms with Gasteiger partial charge in [-0.2, -0.15) is 0 Å². The molecule has 7 heteroatoms. The highest BCUT2D eigenvalue weighted by Gasteiger charge is 2.25. The van der Waals surface area contributed by atoms with Crippen LogP contribution in [0.5, 0.6) is 11.5 Å². The molecule has 1 aliphatic heterocycles. The lowest BCUT2D eigenvalue weighted by molar-refractivity contribution is -0.122. The van der Waals surface area contributed by atoms with Crippen LogP contribution in [0.3, 0.4) is 0 Å². The largest absolute Gasteiger partial charge is 0.493 e. The fourth-order valence-corrected chi connectivity index (χ4v) is 2.96. The van der Waals surface area contributed by atoms with Crippen LogP contribution in [0.2, 0.25) is 0 Å². The molecule has 1 aliphatic rings. The van der Waals surface area contributed by atoms with Crippen molar-refractivity contribution in [1.82, 2.24) is 10.2 Å². The number of methoxy groups -OCH3 is 2. The smallest absolute Gasteiger partial charge is 0.253 e. The minimum atomic E-state index is -0.147. The van der Waals surface area contributed by atoms with E-state index in [0.29, 0.717) is 36.6 Å². The highest BCUT2D eigenvalue weighted by Crippen LogP contribution is 2.28. The van der Waals surface area contributed by atoms with Gasteiger partial charge in [-0.05, 0) is 38.0 Å². The molecule has 138 valence electrons. The number of carbonyl (C=O) groups excluding carboxylic acids is 2. The van der Waals surface area contributed by atoms with E-state index in [1.54, 1.807) is 37.3 Å². The SMILES string of the molecule is COc1ccc(C(=O)N2CCC(NC(=O)CC(C)N)CC2)cc1OC. The summed E-state index contributed by atoms with van der Waals surface area (Å²) in [7, 11) is 3.10. The van der Waals surface area contributed by atoms with Crippen molar-refractivity contribution < 1.29 is 19.1 Å². The van der Waals surface area contributed by atoms with Gasteiger partial charge in [-0.25, -0.2) is 0 Å². The average molecular weight is 349 g/mol. The summed E-state index contributed by atoms with van der Waals surface area (Å²) in [4.78, 5) is 26.3. The molecule has 1 heterocycles. The molecule has 0 radical (unpaired) electrons. The van der Waals surface area contributed by atoms with E-state index in [0.717, 1.165) is 12.8 Å². The number of nitrogens with two attached hydrogens (primary N) is 1. The Labute approximate surface area is 148 Å². The van der Waals surface area contributed by atoms with Crippen LogP contribution in [0.1, 0.15) is 36.5 Å². The van der Waals surface area contributed by atoms with Crippen molar-refractivity contribution in [3.05, 3.63) is 23.8 Å². The van der Waals surface area contributed by atoms with E-state index in [2.05, 4.69) is 5.32 Å². The lowest BCUT2D eigenvalue weighted by Crippen LogP contribution is -2.47. The van der Waals surface area contributed by atoms with E-state index >= 15 is 0 Å². The molecule has 1 saturated heterocycles. The summed E-state index contributed by atoms with van der Waals surface area (Å²) < 4.78 is 10.4. The number of hydrogen-bond donors (Lipinski definition) is 2. The predicted molar refractivity (Wildman–Crippen MR) is 94.9 cm³/mol. The summed E-state index contributed by atoms with van der Waals surface area (Å²) in [5.41, 5.74) is 6.20.